The van der Waals surface area contributed by atoms with Crippen molar-refractivity contribution in [1.29, 1.82) is 0 Å². The molecule has 1 heterocycles. The first-order chi connectivity index (χ1) is 10.5. The largest absolute Gasteiger partial charge is 0.387 e. The number of rotatable bonds is 7. The van der Waals surface area contributed by atoms with E-state index in [0.717, 1.165) is 32.6 Å². The highest BCUT2D eigenvalue weighted by molar-refractivity contribution is 5.35. The molecule has 0 aliphatic carbocycles. The zero-order valence-corrected chi connectivity index (χ0v) is 13.3. The minimum atomic E-state index is -0.678. The lowest BCUT2D eigenvalue weighted by molar-refractivity contribution is -0.385. The van der Waals surface area contributed by atoms with Crippen molar-refractivity contribution in [3.8, 4) is 0 Å². The molecule has 1 aliphatic rings. The summed E-state index contributed by atoms with van der Waals surface area (Å²) >= 11 is 0. The fourth-order valence-electron chi connectivity index (χ4n) is 2.99. The second kappa shape index (κ2) is 7.67. The first-order valence-corrected chi connectivity index (χ1v) is 7.83. The Labute approximate surface area is 131 Å². The van der Waals surface area contributed by atoms with E-state index in [1.165, 1.54) is 12.1 Å². The van der Waals surface area contributed by atoms with Gasteiger partial charge in [-0.2, -0.15) is 0 Å². The maximum atomic E-state index is 10.8. The van der Waals surface area contributed by atoms with E-state index in [1.807, 2.05) is 0 Å². The summed E-state index contributed by atoms with van der Waals surface area (Å²) in [5.41, 5.74) is 0.642. The summed E-state index contributed by atoms with van der Waals surface area (Å²) in [6.07, 6.45) is 0.467. The van der Waals surface area contributed by atoms with Crippen LogP contribution in [0, 0.1) is 16.0 Å². The van der Waals surface area contributed by atoms with Crippen molar-refractivity contribution in [1.82, 2.24) is 9.80 Å². The summed E-state index contributed by atoms with van der Waals surface area (Å²) in [6, 6.07) is 6.28. The molecular formula is C16H25N3O3. The molecule has 2 rings (SSSR count). The Morgan fingerprint density at radius 2 is 2.32 bits per heavy atom. The molecule has 1 aliphatic heterocycles. The number of nitrogens with zero attached hydrogens (tertiary/aromatic N) is 3. The van der Waals surface area contributed by atoms with E-state index >= 15 is 0 Å². The Balaban J connectivity index is 1.89. The highest BCUT2D eigenvalue weighted by Gasteiger charge is 2.25. The van der Waals surface area contributed by atoms with Gasteiger partial charge in [0.05, 0.1) is 11.0 Å². The first-order valence-electron chi connectivity index (χ1n) is 7.83. The van der Waals surface area contributed by atoms with Gasteiger partial charge >= 0.3 is 0 Å². The van der Waals surface area contributed by atoms with Crippen molar-refractivity contribution in [2.75, 3.05) is 39.8 Å². The van der Waals surface area contributed by atoms with Crippen LogP contribution < -0.4 is 0 Å². The molecule has 1 saturated heterocycles. The Hall–Kier alpha value is -1.50. The summed E-state index contributed by atoms with van der Waals surface area (Å²) in [4.78, 5) is 14.9. The minimum Gasteiger partial charge on any atom is -0.387 e. The van der Waals surface area contributed by atoms with Crippen molar-refractivity contribution >= 4 is 5.69 Å². The molecule has 6 heteroatoms. The second-order valence-electron chi connectivity index (χ2n) is 6.14. The van der Waals surface area contributed by atoms with Gasteiger partial charge in [-0.3, -0.25) is 10.1 Å². The minimum absolute atomic E-state index is 0.0282. The Morgan fingerprint density at radius 1 is 1.55 bits per heavy atom. The van der Waals surface area contributed by atoms with Gasteiger partial charge in [-0.1, -0.05) is 19.1 Å². The molecule has 0 spiro atoms. The van der Waals surface area contributed by atoms with E-state index in [9.17, 15) is 15.2 Å². The van der Waals surface area contributed by atoms with Crippen LogP contribution in [0.15, 0.2) is 24.3 Å². The number of likely N-dealkylation sites (tertiary alicyclic amines) is 1. The van der Waals surface area contributed by atoms with Crippen molar-refractivity contribution < 1.29 is 10.0 Å². The number of hydrogen-bond donors (Lipinski definition) is 1. The van der Waals surface area contributed by atoms with Gasteiger partial charge in [-0.15, -0.1) is 0 Å². The molecule has 1 aromatic rings. The van der Waals surface area contributed by atoms with Gasteiger partial charge in [-0.05, 0) is 38.0 Å². The normalized spacial score (nSPS) is 20.5. The Kier molecular flexibility index (Phi) is 5.88. The predicted octanol–water partition coefficient (Wildman–Crippen LogP) is 1.90. The third-order valence-corrected chi connectivity index (χ3v) is 4.38. The molecular weight excluding hydrogens is 282 g/mol. The van der Waals surface area contributed by atoms with Crippen LogP contribution >= 0.6 is 0 Å². The van der Waals surface area contributed by atoms with Crippen molar-refractivity contribution in [3.63, 3.8) is 0 Å². The van der Waals surface area contributed by atoms with Crippen LogP contribution in [0.5, 0.6) is 0 Å². The zero-order chi connectivity index (χ0) is 16.1. The van der Waals surface area contributed by atoms with E-state index in [-0.39, 0.29) is 5.69 Å². The van der Waals surface area contributed by atoms with Crippen LogP contribution in [0.3, 0.4) is 0 Å². The average molecular weight is 307 g/mol. The maximum absolute atomic E-state index is 10.8. The Morgan fingerprint density at radius 3 is 3.00 bits per heavy atom. The topological polar surface area (TPSA) is 69.8 Å². The number of non-ortho nitro benzene ring substituents is 1. The van der Waals surface area contributed by atoms with Crippen LogP contribution in [0.2, 0.25) is 0 Å². The fraction of sp³-hybridized carbons (Fsp3) is 0.625. The summed E-state index contributed by atoms with van der Waals surface area (Å²) in [5.74, 6) is 0.641. The number of benzene rings is 1. The van der Waals surface area contributed by atoms with Gasteiger partial charge < -0.3 is 14.9 Å². The molecule has 0 aromatic heterocycles. The lowest BCUT2D eigenvalue weighted by Crippen LogP contribution is -2.30. The summed E-state index contributed by atoms with van der Waals surface area (Å²) < 4.78 is 0. The number of nitro groups is 1. The molecule has 122 valence electrons. The molecule has 2 atom stereocenters. The van der Waals surface area contributed by atoms with E-state index in [1.54, 1.807) is 12.1 Å². The standard InChI is InChI=1S/C16H25N3O3/c1-3-17(2)10-13-7-8-18(11-13)12-16(20)14-5-4-6-15(9-14)19(21)22/h4-6,9,13,16,20H,3,7-8,10-12H2,1-2H3. The molecule has 0 radical (unpaired) electrons. The highest BCUT2D eigenvalue weighted by Crippen LogP contribution is 2.23. The molecule has 1 aromatic carbocycles. The van der Waals surface area contributed by atoms with Crippen LogP contribution in [0.25, 0.3) is 0 Å². The summed E-state index contributed by atoms with van der Waals surface area (Å²) in [7, 11) is 2.13. The number of aliphatic hydroxyl groups excluding tert-OH is 1. The first kappa shape index (κ1) is 16.9. The van der Waals surface area contributed by atoms with Crippen molar-refractivity contribution in [2.45, 2.75) is 19.4 Å². The smallest absolute Gasteiger partial charge is 0.269 e. The third-order valence-electron chi connectivity index (χ3n) is 4.38. The molecule has 22 heavy (non-hydrogen) atoms. The second-order valence-corrected chi connectivity index (χ2v) is 6.14. The predicted molar refractivity (Wildman–Crippen MR) is 85.8 cm³/mol. The third kappa shape index (κ3) is 4.50. The maximum Gasteiger partial charge on any atom is 0.269 e. The summed E-state index contributed by atoms with van der Waals surface area (Å²) in [5, 5.41) is 21.1. The highest BCUT2D eigenvalue weighted by atomic mass is 16.6. The van der Waals surface area contributed by atoms with E-state index in [2.05, 4.69) is 23.8 Å². The number of aliphatic hydroxyl groups is 1. The van der Waals surface area contributed by atoms with Crippen LogP contribution in [-0.4, -0.2) is 59.6 Å². The molecule has 1 fully saturated rings. The van der Waals surface area contributed by atoms with Gasteiger partial charge in [0, 0.05) is 31.8 Å². The number of nitro benzene ring substituents is 1. The Bertz CT molecular complexity index is 509. The van der Waals surface area contributed by atoms with Gasteiger partial charge in [-0.25, -0.2) is 0 Å². The van der Waals surface area contributed by atoms with Crippen molar-refractivity contribution in [3.05, 3.63) is 39.9 Å². The molecule has 0 saturated carbocycles. The van der Waals surface area contributed by atoms with E-state index < -0.39 is 11.0 Å². The van der Waals surface area contributed by atoms with Gasteiger partial charge in [0.15, 0.2) is 0 Å². The zero-order valence-electron chi connectivity index (χ0n) is 13.3. The molecule has 6 nitrogen and oxygen atoms in total. The number of β-amino-alcohol motifs (C(OH)–C–C–N with tert-alkyl or cyclic N) is 1. The van der Waals surface area contributed by atoms with E-state index in [0.29, 0.717) is 18.0 Å². The van der Waals surface area contributed by atoms with Crippen LogP contribution in [0.1, 0.15) is 25.0 Å². The van der Waals surface area contributed by atoms with Crippen LogP contribution in [-0.2, 0) is 0 Å². The monoisotopic (exact) mass is 307 g/mol. The molecule has 0 bridgehead atoms. The molecule has 1 N–H and O–H groups in total. The molecule has 0 amide bonds. The molecule has 2 unspecified atom stereocenters. The van der Waals surface area contributed by atoms with Crippen LogP contribution in [0.4, 0.5) is 5.69 Å². The van der Waals surface area contributed by atoms with E-state index in [4.69, 9.17) is 0 Å². The van der Waals surface area contributed by atoms with Gasteiger partial charge in [0.1, 0.15) is 0 Å². The summed E-state index contributed by atoms with van der Waals surface area (Å²) in [6.45, 7) is 6.78. The van der Waals surface area contributed by atoms with Gasteiger partial charge in [0.25, 0.3) is 5.69 Å². The quantitative estimate of drug-likeness (QED) is 0.615. The van der Waals surface area contributed by atoms with Gasteiger partial charge in [0.2, 0.25) is 0 Å². The average Bonchev–Trinajstić information content (AvgIpc) is 2.94. The lowest BCUT2D eigenvalue weighted by atomic mass is 10.1. The van der Waals surface area contributed by atoms with Crippen molar-refractivity contribution in [2.24, 2.45) is 5.92 Å². The fourth-order valence-corrected chi connectivity index (χ4v) is 2.99. The SMILES string of the molecule is CCN(C)CC1CCN(CC(O)c2cccc([N+](=O)[O-])c2)C1. The number of hydrogen-bond acceptors (Lipinski definition) is 5. The lowest BCUT2D eigenvalue weighted by Gasteiger charge is -2.22.